The smallest absolute Gasteiger partial charge is 0.123 e. The number of halogens is 3. The van der Waals surface area contributed by atoms with Crippen LogP contribution in [0.2, 0.25) is 0 Å². The molecule has 3 aromatic rings. The lowest BCUT2D eigenvalue weighted by atomic mass is 10.2. The van der Waals surface area contributed by atoms with Crippen molar-refractivity contribution >= 4 is 0 Å². The third kappa shape index (κ3) is 14.1. The van der Waals surface area contributed by atoms with Crippen molar-refractivity contribution in [2.45, 2.75) is 20.4 Å². The minimum Gasteiger partial charge on any atom is -0.329 e. The second-order valence-electron chi connectivity index (χ2n) is 7.48. The summed E-state index contributed by atoms with van der Waals surface area (Å²) in [4.78, 5) is 2.08. The molecule has 0 aromatic heterocycles. The normalized spacial score (nSPS) is 10.2. The molecule has 0 bridgehead atoms. The average molecular weight is 461 g/mol. The van der Waals surface area contributed by atoms with E-state index in [0.717, 1.165) is 42.9 Å². The van der Waals surface area contributed by atoms with Gasteiger partial charge in [0.05, 0.1) is 0 Å². The van der Waals surface area contributed by atoms with Gasteiger partial charge in [0.2, 0.25) is 0 Å². The van der Waals surface area contributed by atoms with Gasteiger partial charge in [0.1, 0.15) is 17.5 Å². The van der Waals surface area contributed by atoms with Crippen molar-refractivity contribution in [3.8, 4) is 0 Å². The zero-order chi connectivity index (χ0) is 24.5. The summed E-state index contributed by atoms with van der Waals surface area (Å²) >= 11 is 0. The van der Waals surface area contributed by atoms with Crippen molar-refractivity contribution in [3.05, 3.63) is 107 Å². The maximum absolute atomic E-state index is 12.7. The molecule has 0 atom stereocenters. The van der Waals surface area contributed by atoms with E-state index in [0.29, 0.717) is 13.2 Å². The third-order valence-corrected chi connectivity index (χ3v) is 4.57. The van der Waals surface area contributed by atoms with Crippen molar-refractivity contribution < 1.29 is 13.2 Å². The Morgan fingerprint density at radius 3 is 1.45 bits per heavy atom. The molecule has 3 aromatic carbocycles. The molecular formula is C26H35F3N4. The lowest BCUT2D eigenvalue weighted by Crippen LogP contribution is -2.39. The van der Waals surface area contributed by atoms with Crippen LogP contribution in [0.3, 0.4) is 0 Å². The molecule has 7 heteroatoms. The highest BCUT2D eigenvalue weighted by Crippen LogP contribution is 2.02. The van der Waals surface area contributed by atoms with E-state index < -0.39 is 0 Å². The fraction of sp³-hybridized carbons (Fsp3) is 0.308. The number of rotatable bonds is 8. The summed E-state index contributed by atoms with van der Waals surface area (Å²) in [7, 11) is 0. The molecule has 33 heavy (non-hydrogen) atoms. The molecule has 4 nitrogen and oxygen atoms in total. The minimum atomic E-state index is -0.203. The van der Waals surface area contributed by atoms with Crippen LogP contribution in [0.25, 0.3) is 0 Å². The van der Waals surface area contributed by atoms with Gasteiger partial charge in [0, 0.05) is 39.4 Å². The zero-order valence-electron chi connectivity index (χ0n) is 19.4. The number of nitrogens with one attached hydrogen (secondary N) is 1. The first kappa shape index (κ1) is 28.3. The van der Waals surface area contributed by atoms with Crippen LogP contribution in [0.1, 0.15) is 16.7 Å². The predicted octanol–water partition coefficient (Wildman–Crippen LogP) is 4.36. The zero-order valence-corrected chi connectivity index (χ0v) is 19.4. The second-order valence-corrected chi connectivity index (χ2v) is 7.48. The van der Waals surface area contributed by atoms with Crippen LogP contribution in [0.4, 0.5) is 13.2 Å². The van der Waals surface area contributed by atoms with E-state index in [1.807, 2.05) is 13.8 Å². The molecule has 0 aliphatic rings. The summed E-state index contributed by atoms with van der Waals surface area (Å²) in [6.45, 7) is 8.27. The van der Waals surface area contributed by atoms with E-state index in [4.69, 9.17) is 11.5 Å². The molecule has 0 amide bonds. The van der Waals surface area contributed by atoms with E-state index in [1.165, 1.54) is 36.4 Å². The van der Waals surface area contributed by atoms with Gasteiger partial charge in [-0.2, -0.15) is 0 Å². The van der Waals surface area contributed by atoms with Crippen molar-refractivity contribution in [2.75, 3.05) is 32.8 Å². The van der Waals surface area contributed by atoms with Crippen LogP contribution >= 0.6 is 0 Å². The summed E-state index contributed by atoms with van der Waals surface area (Å²) in [6.07, 6.45) is 0. The van der Waals surface area contributed by atoms with Gasteiger partial charge in [-0.1, -0.05) is 47.5 Å². The summed E-state index contributed by atoms with van der Waals surface area (Å²) in [5, 5.41) is 3.28. The number of hydrogen-bond donors (Lipinski definition) is 3. The van der Waals surface area contributed by atoms with Gasteiger partial charge in [0.15, 0.2) is 0 Å². The molecule has 0 unspecified atom stereocenters. The predicted molar refractivity (Wildman–Crippen MR) is 130 cm³/mol. The van der Waals surface area contributed by atoms with E-state index >= 15 is 0 Å². The number of nitrogens with zero attached hydrogens (tertiary/aromatic N) is 1. The maximum atomic E-state index is 12.7. The fourth-order valence-corrected chi connectivity index (χ4v) is 2.62. The average Bonchev–Trinajstić information content (AvgIpc) is 2.82. The Hall–Kier alpha value is -2.71. The summed E-state index contributed by atoms with van der Waals surface area (Å²) in [6, 6.07) is 19.3. The molecule has 0 aliphatic heterocycles. The Balaban J connectivity index is 0.000000281. The van der Waals surface area contributed by atoms with Gasteiger partial charge in [-0.05, 0) is 55.8 Å². The molecule has 0 radical (unpaired) electrons. The summed E-state index contributed by atoms with van der Waals surface area (Å²) < 4.78 is 36.8. The van der Waals surface area contributed by atoms with Crippen molar-refractivity contribution in [3.63, 3.8) is 0 Å². The van der Waals surface area contributed by atoms with E-state index in [9.17, 15) is 13.2 Å². The summed E-state index contributed by atoms with van der Waals surface area (Å²) in [5.41, 5.74) is 14.3. The molecule has 3 rings (SSSR count). The Labute approximate surface area is 195 Å². The van der Waals surface area contributed by atoms with E-state index in [-0.39, 0.29) is 17.5 Å². The van der Waals surface area contributed by atoms with Gasteiger partial charge < -0.3 is 16.8 Å². The van der Waals surface area contributed by atoms with Crippen LogP contribution in [0, 0.1) is 31.3 Å². The molecule has 0 saturated heterocycles. The molecule has 0 saturated carbocycles. The lowest BCUT2D eigenvalue weighted by Gasteiger charge is -2.19. The first-order valence-corrected chi connectivity index (χ1v) is 10.9. The van der Waals surface area contributed by atoms with Gasteiger partial charge in [-0.25, -0.2) is 13.2 Å². The van der Waals surface area contributed by atoms with Gasteiger partial charge in [-0.15, -0.1) is 0 Å². The molecule has 0 heterocycles. The topological polar surface area (TPSA) is 67.3 Å². The summed E-state index contributed by atoms with van der Waals surface area (Å²) in [5.74, 6) is -0.544. The molecule has 0 spiro atoms. The van der Waals surface area contributed by atoms with Crippen LogP contribution in [-0.2, 0) is 6.54 Å². The van der Waals surface area contributed by atoms with Crippen LogP contribution in [0.5, 0.6) is 0 Å². The number of nitrogens with two attached hydrogens (primary N) is 2. The lowest BCUT2D eigenvalue weighted by molar-refractivity contribution is 0.288. The Bertz CT molecular complexity index is 784. The first-order chi connectivity index (χ1) is 15.8. The Morgan fingerprint density at radius 1 is 0.667 bits per heavy atom. The highest BCUT2D eigenvalue weighted by molar-refractivity contribution is 5.16. The number of aryl methyl sites for hydroxylation is 2. The SMILES string of the molecule is Cc1ccc(F)cc1.Cc1ccc(F)cc1.NCCN(CN)CCNCc1ccc(F)cc1. The van der Waals surface area contributed by atoms with Crippen LogP contribution in [-0.4, -0.2) is 37.7 Å². The molecule has 5 N–H and O–H groups in total. The third-order valence-electron chi connectivity index (χ3n) is 4.57. The molecule has 0 fully saturated rings. The van der Waals surface area contributed by atoms with Gasteiger partial charge in [-0.3, -0.25) is 4.90 Å². The van der Waals surface area contributed by atoms with Crippen LogP contribution < -0.4 is 16.8 Å². The number of hydrogen-bond acceptors (Lipinski definition) is 4. The molecular weight excluding hydrogens is 425 g/mol. The highest BCUT2D eigenvalue weighted by atomic mass is 19.1. The largest absolute Gasteiger partial charge is 0.329 e. The van der Waals surface area contributed by atoms with Gasteiger partial charge >= 0.3 is 0 Å². The second kappa shape index (κ2) is 16.9. The van der Waals surface area contributed by atoms with Gasteiger partial charge in [0.25, 0.3) is 0 Å². The maximum Gasteiger partial charge on any atom is 0.123 e. The standard InChI is InChI=1S/C12H21FN4.2C7H7F/c13-12-3-1-11(2-4-12)9-16-6-8-17(10-15)7-5-14;2*1-6-2-4-7(8)5-3-6/h1-4,16H,5-10,14-15H2;2*2-5H,1H3. The van der Waals surface area contributed by atoms with E-state index in [2.05, 4.69) is 10.2 Å². The quantitative estimate of drug-likeness (QED) is 0.345. The van der Waals surface area contributed by atoms with Crippen molar-refractivity contribution in [1.82, 2.24) is 10.2 Å². The van der Waals surface area contributed by atoms with Crippen LogP contribution in [0.15, 0.2) is 72.8 Å². The number of benzene rings is 3. The highest BCUT2D eigenvalue weighted by Gasteiger charge is 2.00. The molecule has 0 aliphatic carbocycles. The molecule has 180 valence electrons. The monoisotopic (exact) mass is 460 g/mol. The first-order valence-electron chi connectivity index (χ1n) is 10.9. The Morgan fingerprint density at radius 2 is 1.09 bits per heavy atom. The van der Waals surface area contributed by atoms with Crippen molar-refractivity contribution in [1.29, 1.82) is 0 Å². The van der Waals surface area contributed by atoms with E-state index in [1.54, 1.807) is 36.4 Å². The van der Waals surface area contributed by atoms with Crippen molar-refractivity contribution in [2.24, 2.45) is 11.5 Å². The Kier molecular flexibility index (Phi) is 14.5. The fourth-order valence-electron chi connectivity index (χ4n) is 2.62. The minimum absolute atomic E-state index is 0.171.